The third-order valence-electron chi connectivity index (χ3n) is 12.7. The van der Waals surface area contributed by atoms with Gasteiger partial charge in [0.2, 0.25) is 0 Å². The van der Waals surface area contributed by atoms with Gasteiger partial charge in [0.05, 0.1) is 22.4 Å². The molecule has 339 valence electrons. The van der Waals surface area contributed by atoms with Crippen LogP contribution in [0.3, 0.4) is 0 Å². The van der Waals surface area contributed by atoms with Gasteiger partial charge in [0, 0.05) is 31.2 Å². The van der Waals surface area contributed by atoms with Crippen LogP contribution in [-0.2, 0) is 31.9 Å². The molecular weight excluding hydrogens is 1040 g/mol. The van der Waals surface area contributed by atoms with Crippen molar-refractivity contribution >= 4 is 50.6 Å². The van der Waals surface area contributed by atoms with Crippen LogP contribution >= 0.6 is 0 Å². The molecule has 0 amide bonds. The van der Waals surface area contributed by atoms with Gasteiger partial charge < -0.3 is 8.98 Å². The van der Waals surface area contributed by atoms with Crippen LogP contribution in [0.25, 0.3) is 72.4 Å². The van der Waals surface area contributed by atoms with Crippen LogP contribution in [0.2, 0.25) is 17.3 Å². The smallest absolute Gasteiger partial charge is 0 e. The minimum atomic E-state index is -2.24. The normalized spacial score (nSPS) is 14.4. The number of aromatic nitrogens is 3. The molecule has 3 aromatic heterocycles. The Bertz CT molecular complexity index is 3200. The Balaban J connectivity index is 0.000000222. The monoisotopic (exact) mass is 1110 g/mol. The molecule has 0 bridgehead atoms. The van der Waals surface area contributed by atoms with Crippen molar-refractivity contribution in [3.8, 4) is 39.5 Å². The minimum Gasteiger partial charge on any atom is 0 e. The second-order valence-electron chi connectivity index (χ2n) is 20.9. The molecular formula is C60H63GeIrN3O-2. The summed E-state index contributed by atoms with van der Waals surface area (Å²) in [5, 5.41) is 2.31. The fourth-order valence-electron chi connectivity index (χ4n) is 9.41. The third-order valence-corrected chi connectivity index (χ3v) is 16.9. The molecule has 1 radical (unpaired) electrons. The zero-order valence-electron chi connectivity index (χ0n) is 42.0. The number of hydrogen-bond donors (Lipinski definition) is 0. The summed E-state index contributed by atoms with van der Waals surface area (Å²) in [6, 6.07) is 53.4. The summed E-state index contributed by atoms with van der Waals surface area (Å²) in [5.41, 5.74) is 13.1. The summed E-state index contributed by atoms with van der Waals surface area (Å²) in [5.74, 6) is 8.39. The average molecular weight is 1110 g/mol. The molecule has 0 aliphatic heterocycles. The van der Waals surface area contributed by atoms with E-state index in [1.807, 2.05) is 63.4 Å². The first kappa shape index (κ1) is 44.8. The van der Waals surface area contributed by atoms with Crippen LogP contribution in [0.1, 0.15) is 99.0 Å². The molecule has 0 atom stereocenters. The van der Waals surface area contributed by atoms with Crippen molar-refractivity contribution in [1.82, 2.24) is 14.5 Å². The van der Waals surface area contributed by atoms with Gasteiger partial charge >= 0.3 is 135 Å². The zero-order valence-corrected chi connectivity index (χ0v) is 44.5. The van der Waals surface area contributed by atoms with Crippen molar-refractivity contribution < 1.29 is 27.3 Å². The van der Waals surface area contributed by atoms with Gasteiger partial charge in [-0.25, -0.2) is 0 Å². The number of furan rings is 1. The Morgan fingerprint density at radius 2 is 1.45 bits per heavy atom. The standard InChI is InChI=1S/C41H37N2O.C19H26GeN.Ir/c1-41(2,3)34-26-30(28-14-8-5-9-15-28)18-21-36(34)43-37-17-11-10-16-35(37)42-40(43)31-20-23-39-33(25-31)32-24-29(19-22-38(32)44-39)27-12-6-4-7-13-27;1-19(2,3)13-16-12-18(15-10-8-7-9-11-15)21-14-17(16)20(4,5)6;/h5,8-11,14-19,21-27H,4,6-7,12-13H2,1-3H3;7-10,12,14H,13H2,1-6H3;/q2*-1;/i;13D2;. The van der Waals surface area contributed by atoms with Crippen molar-refractivity contribution in [2.45, 2.75) is 109 Å². The number of imidazole rings is 1. The van der Waals surface area contributed by atoms with Crippen molar-refractivity contribution in [3.63, 3.8) is 0 Å². The molecule has 0 spiro atoms. The van der Waals surface area contributed by atoms with Gasteiger partial charge in [0.25, 0.3) is 0 Å². The second-order valence-corrected chi connectivity index (χ2v) is 31.5. The number of fused-ring (bicyclic) bond motifs is 4. The number of rotatable bonds is 7. The number of pyridine rings is 1. The SMILES string of the molecule is CC(C)(C)c1cc(-c2ccccc2)ccc1-n1c(-c2[c-]cc3oc4ccc(C5CCCCC5)cc4c3c2)nc2ccccc21.[2H]C([2H])(c1cc(-c2[c-]cccc2)nc[c]1[Ge]([CH3])([CH3])[CH3])C(C)(C)C.[Ir]. The molecule has 6 aromatic carbocycles. The third kappa shape index (κ3) is 10.2. The Labute approximate surface area is 411 Å². The first-order valence-electron chi connectivity index (χ1n) is 24.4. The van der Waals surface area contributed by atoms with Gasteiger partial charge in [-0.05, 0) is 82.8 Å². The van der Waals surface area contributed by atoms with Gasteiger partial charge in [-0.2, -0.15) is 0 Å². The maximum absolute atomic E-state index is 8.76. The molecule has 0 N–H and O–H groups in total. The molecule has 66 heavy (non-hydrogen) atoms. The number of benzene rings is 6. The molecule has 4 nitrogen and oxygen atoms in total. The van der Waals surface area contributed by atoms with E-state index in [0.717, 1.165) is 65.9 Å². The van der Waals surface area contributed by atoms with Gasteiger partial charge in [0.1, 0.15) is 5.58 Å². The van der Waals surface area contributed by atoms with Crippen molar-refractivity contribution in [2.75, 3.05) is 0 Å². The molecule has 1 fully saturated rings. The van der Waals surface area contributed by atoms with Gasteiger partial charge in [-0.1, -0.05) is 100 Å². The summed E-state index contributed by atoms with van der Waals surface area (Å²) < 4.78 is 27.3. The molecule has 0 unspecified atom stereocenters. The Hall–Kier alpha value is -5.07. The minimum absolute atomic E-state index is 0. The molecule has 6 heteroatoms. The summed E-state index contributed by atoms with van der Waals surface area (Å²) in [6.07, 6.45) is 7.08. The molecule has 10 rings (SSSR count). The summed E-state index contributed by atoms with van der Waals surface area (Å²) in [6.45, 7) is 12.8. The maximum Gasteiger partial charge on any atom is 0 e. The summed E-state index contributed by atoms with van der Waals surface area (Å²) in [7, 11) is 0. The molecule has 1 saturated carbocycles. The van der Waals surface area contributed by atoms with Crippen LogP contribution in [0.15, 0.2) is 144 Å². The average Bonchev–Trinajstić information content (AvgIpc) is 3.89. The Kier molecular flexibility index (Phi) is 13.1. The van der Waals surface area contributed by atoms with E-state index in [0.29, 0.717) is 5.92 Å². The van der Waals surface area contributed by atoms with Crippen LogP contribution in [-0.4, -0.2) is 27.8 Å². The fraction of sp³-hybridized carbons (Fsp3) is 0.300. The van der Waals surface area contributed by atoms with Crippen LogP contribution in [0.4, 0.5) is 0 Å². The van der Waals surface area contributed by atoms with E-state index in [9.17, 15) is 0 Å². The van der Waals surface area contributed by atoms with E-state index in [1.165, 1.54) is 59.7 Å². The van der Waals surface area contributed by atoms with Crippen LogP contribution in [0.5, 0.6) is 0 Å². The van der Waals surface area contributed by atoms with Crippen molar-refractivity contribution in [2.24, 2.45) is 5.41 Å². The van der Waals surface area contributed by atoms with E-state index in [4.69, 9.17) is 12.1 Å². The Morgan fingerprint density at radius 3 is 2.17 bits per heavy atom. The molecule has 0 saturated heterocycles. The van der Waals surface area contributed by atoms with Crippen LogP contribution < -0.4 is 4.40 Å². The predicted octanol–water partition coefficient (Wildman–Crippen LogP) is 16.1. The van der Waals surface area contributed by atoms with Gasteiger partial charge in [0.15, 0.2) is 0 Å². The second kappa shape index (κ2) is 19.3. The number of hydrogen-bond acceptors (Lipinski definition) is 3. The topological polar surface area (TPSA) is 43.9 Å². The first-order chi connectivity index (χ1) is 31.9. The Morgan fingerprint density at radius 1 is 0.727 bits per heavy atom. The molecule has 3 heterocycles. The van der Waals surface area contributed by atoms with Crippen molar-refractivity contribution in [1.29, 1.82) is 0 Å². The van der Waals surface area contributed by atoms with Crippen molar-refractivity contribution in [3.05, 3.63) is 168 Å². The van der Waals surface area contributed by atoms with E-state index in [2.05, 4.69) is 157 Å². The van der Waals surface area contributed by atoms with E-state index in [1.54, 1.807) is 0 Å². The predicted molar refractivity (Wildman–Crippen MR) is 277 cm³/mol. The number of para-hydroxylation sites is 2. The zero-order chi connectivity index (χ0) is 47.3. The maximum atomic E-state index is 8.76. The molecule has 9 aromatic rings. The van der Waals surface area contributed by atoms with Gasteiger partial charge in [-0.15, -0.1) is 23.8 Å². The molecule has 1 aliphatic carbocycles. The quantitative estimate of drug-likeness (QED) is 0.118. The van der Waals surface area contributed by atoms with Gasteiger partial charge in [-0.3, -0.25) is 4.98 Å². The van der Waals surface area contributed by atoms with Crippen LogP contribution in [0, 0.1) is 17.5 Å². The fourth-order valence-corrected chi connectivity index (χ4v) is 12.3. The largest absolute Gasteiger partial charge is 0 e. The summed E-state index contributed by atoms with van der Waals surface area (Å²) in [4.78, 5) is 9.85. The first-order valence-corrected chi connectivity index (χ1v) is 30.8. The molecule has 1 aliphatic rings. The van der Waals surface area contributed by atoms with E-state index >= 15 is 0 Å². The number of nitrogens with zero attached hydrogens (tertiary/aromatic N) is 3. The van der Waals surface area contributed by atoms with E-state index < -0.39 is 25.1 Å². The van der Waals surface area contributed by atoms with E-state index in [-0.39, 0.29) is 25.5 Å². The summed E-state index contributed by atoms with van der Waals surface area (Å²) >= 11 is -2.24.